The molecule has 0 spiro atoms. The number of hydrogen-bond donors (Lipinski definition) is 1. The largest absolute Gasteiger partial charge is 0.0622 e. The molecule has 0 unspecified atom stereocenters. The van der Waals surface area contributed by atoms with E-state index in [1.165, 1.54) is 38.2 Å². The van der Waals surface area contributed by atoms with Gasteiger partial charge < -0.3 is 18.2 Å². The number of furan rings is 3. The second-order valence-electron chi connectivity index (χ2n) is 18.6. The molecule has 81 heavy (non-hydrogen) atoms. The fourth-order valence-corrected chi connectivity index (χ4v) is 11.9. The Bertz CT molecular complexity index is 3250. The molecule has 15 heteroatoms. The van der Waals surface area contributed by atoms with E-state index in [-0.39, 0.29) is 23.4 Å². The number of fused-ring (bicyclic) bond motifs is 1. The first-order valence-electron chi connectivity index (χ1n) is 24.9. The standard InChI is InChI=1S/2C18H15P.C11H6N4O.C9H12OSi.C5H10Si.C4H3BrO.CH4.2ClH.Pd/c2*1-4-10-16(11-5-1)19(17-12-6-2-7-13-17)18-14-8-3-9-15-18;1-2-8(16-5-1)3-4-9-10-11(14-6-12-9)15-7-13-10;1-11(2,3)8-6-9-5-4-7-10-9;1-5-6(2,3)4;5-4-2-1-3-6-4;;;;/h2*1-15H;1-2,5-7H,(H,12,13,14,15);4-5,7H,1-3H3;1H,2-4H3;1-3H;1H4;2*1H;/q;;;;;;;;;+2/p-2. The van der Waals surface area contributed by atoms with E-state index >= 15 is 0 Å². The molecule has 0 aliphatic carbocycles. The molecule has 5 heterocycles. The number of aromatic amines is 1. The van der Waals surface area contributed by atoms with Crippen molar-refractivity contribution >= 4 is 110 Å². The molecule has 11 aromatic rings. The first kappa shape index (κ1) is 66.9. The third-order valence-electron chi connectivity index (χ3n) is 10.1. The number of terminal acetylenes is 1. The van der Waals surface area contributed by atoms with Crippen molar-refractivity contribution in [3.8, 4) is 35.3 Å². The SMILES string of the molecule is Brc1ccco1.C.C#C[Si](C)(C)C.C(#Cc1ncnc2nc[nH]c12)c1ccco1.C[Si](C)(C)C#Cc1ccco1.[Cl][Pd][Cl].c1ccc(P(c2ccccc2)c2ccccc2)cc1.c1ccc(P(c2ccccc2)c2ccccc2)cc1. The van der Waals surface area contributed by atoms with E-state index in [2.05, 4.69) is 286 Å². The zero-order chi connectivity index (χ0) is 57.3. The van der Waals surface area contributed by atoms with Crippen molar-refractivity contribution in [3.63, 3.8) is 0 Å². The molecule has 6 aromatic carbocycles. The van der Waals surface area contributed by atoms with Gasteiger partial charge >= 0.3 is 35.0 Å². The summed E-state index contributed by atoms with van der Waals surface area (Å²) in [4.78, 5) is 15.1. The number of imidazole rings is 1. The van der Waals surface area contributed by atoms with Crippen LogP contribution in [0.4, 0.5) is 0 Å². The average Bonchev–Trinajstić information content (AvgIpc) is 4.39. The van der Waals surface area contributed by atoms with Crippen LogP contribution in [0.25, 0.3) is 11.2 Å². The maximum atomic E-state index is 5.12. The number of rotatable bonds is 6. The smallest absolute Gasteiger partial charge is 0.0134 e. The number of aromatic nitrogens is 4. The summed E-state index contributed by atoms with van der Waals surface area (Å²) >= 11 is 3.01. The van der Waals surface area contributed by atoms with Crippen molar-refractivity contribution < 1.29 is 29.2 Å². The summed E-state index contributed by atoms with van der Waals surface area (Å²) in [5.41, 5.74) is 7.92. The third-order valence-corrected chi connectivity index (χ3v) is 17.2. The first-order valence-corrected chi connectivity index (χ1v) is 39.4. The Morgan fingerprint density at radius 3 is 1.10 bits per heavy atom. The van der Waals surface area contributed by atoms with Crippen molar-refractivity contribution in [1.29, 1.82) is 0 Å². The minimum atomic E-state index is -1.23. The fraction of sp³-hybridized carbons (Fsp3) is 0.106. The number of H-pyrrole nitrogens is 1. The molecule has 0 fully saturated rings. The summed E-state index contributed by atoms with van der Waals surface area (Å²) in [6, 6.07) is 75.6. The second kappa shape index (κ2) is 37.4. The van der Waals surface area contributed by atoms with Crippen molar-refractivity contribution in [2.45, 2.75) is 46.7 Å². The Balaban J connectivity index is 0.000000216. The van der Waals surface area contributed by atoms with Crippen molar-refractivity contribution in [1.82, 2.24) is 19.9 Å². The molecule has 0 bridgehead atoms. The van der Waals surface area contributed by atoms with Crippen LogP contribution in [0.3, 0.4) is 0 Å². The van der Waals surface area contributed by atoms with Crippen LogP contribution < -0.4 is 31.8 Å². The van der Waals surface area contributed by atoms with Crippen LogP contribution in [0.1, 0.15) is 24.6 Å². The molecular formula is C66H65BrCl2N4O3P2PdSi2. The van der Waals surface area contributed by atoms with Gasteiger partial charge in [-0.15, -0.1) is 17.5 Å². The second-order valence-corrected chi connectivity index (χ2v) is 35.7. The molecule has 0 aliphatic rings. The van der Waals surface area contributed by atoms with Gasteiger partial charge in [0.25, 0.3) is 0 Å². The molecule has 1 N–H and O–H groups in total. The molecule has 0 amide bonds. The number of halogens is 3. The zero-order valence-electron chi connectivity index (χ0n) is 45.2. The molecule has 0 saturated heterocycles. The Morgan fingerprint density at radius 1 is 0.469 bits per heavy atom. The summed E-state index contributed by atoms with van der Waals surface area (Å²) in [6.07, 6.45) is 13.0. The van der Waals surface area contributed by atoms with Gasteiger partial charge in [-0.05, 0) is 118 Å². The van der Waals surface area contributed by atoms with Gasteiger partial charge in [0.05, 0.1) is 25.1 Å². The van der Waals surface area contributed by atoms with Gasteiger partial charge in [0, 0.05) is 0 Å². The zero-order valence-corrected chi connectivity index (χ0v) is 53.6. The molecule has 416 valence electrons. The minimum Gasteiger partial charge on any atom is -0.0622 e. The maximum absolute atomic E-state index is 5.12. The quantitative estimate of drug-likeness (QED) is 0.101. The molecule has 5 aromatic heterocycles. The van der Waals surface area contributed by atoms with Crippen LogP contribution in [0.15, 0.2) is 268 Å². The Labute approximate surface area is 508 Å². The number of nitrogens with one attached hydrogen (secondary N) is 1. The molecule has 0 atom stereocenters. The van der Waals surface area contributed by atoms with Gasteiger partial charge in [0.1, 0.15) is 33.7 Å². The van der Waals surface area contributed by atoms with E-state index in [9.17, 15) is 0 Å². The van der Waals surface area contributed by atoms with Crippen LogP contribution in [-0.2, 0) is 15.9 Å². The minimum absolute atomic E-state index is 0. The van der Waals surface area contributed by atoms with Crippen LogP contribution in [0, 0.1) is 35.3 Å². The van der Waals surface area contributed by atoms with E-state index in [0.29, 0.717) is 17.1 Å². The monoisotopic (exact) mass is 1330 g/mol. The Kier molecular flexibility index (Phi) is 30.9. The molecule has 0 aliphatic heterocycles. The average molecular weight is 1340 g/mol. The van der Waals surface area contributed by atoms with Gasteiger partial charge in [0.15, 0.2) is 21.8 Å². The van der Waals surface area contributed by atoms with Crippen LogP contribution >= 0.6 is 50.8 Å². The van der Waals surface area contributed by atoms with Crippen LogP contribution in [-0.4, -0.2) is 36.1 Å². The van der Waals surface area contributed by atoms with Crippen molar-refractivity contribution in [2.24, 2.45) is 0 Å². The molecular weight excluding hydrogens is 1270 g/mol. The van der Waals surface area contributed by atoms with Crippen molar-refractivity contribution in [2.75, 3.05) is 0 Å². The van der Waals surface area contributed by atoms with E-state index in [0.717, 1.165) is 15.9 Å². The Hall–Kier alpha value is -6.59. The summed E-state index contributed by atoms with van der Waals surface area (Å²) < 4.78 is 15.7. The molecule has 11 rings (SSSR count). The van der Waals surface area contributed by atoms with E-state index in [1.54, 1.807) is 37.2 Å². The predicted octanol–water partition coefficient (Wildman–Crippen LogP) is 16.3. The third kappa shape index (κ3) is 25.8. The molecule has 0 saturated carbocycles. The summed E-state index contributed by atoms with van der Waals surface area (Å²) in [5, 5.41) is 8.39. The number of benzene rings is 6. The first-order chi connectivity index (χ1) is 38.8. The van der Waals surface area contributed by atoms with Crippen LogP contribution in [0.2, 0.25) is 39.3 Å². The maximum Gasteiger partial charge on any atom is -0.0134 e. The van der Waals surface area contributed by atoms with Gasteiger partial charge in [-0.2, -0.15) is 0 Å². The summed E-state index contributed by atoms with van der Waals surface area (Å²) in [7, 11) is 6.40. The van der Waals surface area contributed by atoms with Gasteiger partial charge in [-0.25, -0.2) is 15.0 Å². The summed E-state index contributed by atoms with van der Waals surface area (Å²) in [5.74, 6) is 10.2. The molecule has 0 radical (unpaired) electrons. The fourth-order valence-electron chi connectivity index (χ4n) is 6.54. The van der Waals surface area contributed by atoms with E-state index in [1.807, 2.05) is 24.3 Å². The molecule has 7 nitrogen and oxygen atoms in total. The van der Waals surface area contributed by atoms with Crippen molar-refractivity contribution in [3.05, 3.63) is 272 Å². The topological polar surface area (TPSA) is 93.9 Å². The predicted molar refractivity (Wildman–Crippen MR) is 353 cm³/mol. The van der Waals surface area contributed by atoms with Gasteiger partial charge in [-0.1, -0.05) is 229 Å². The normalized spacial score (nSPS) is 10.0. The van der Waals surface area contributed by atoms with Gasteiger partial charge in [-0.3, -0.25) is 0 Å². The van der Waals surface area contributed by atoms with E-state index < -0.39 is 32.0 Å². The number of nitrogens with zero attached hydrogens (tertiary/aromatic N) is 3. The number of hydrogen-bond acceptors (Lipinski definition) is 6. The Morgan fingerprint density at radius 2 is 0.815 bits per heavy atom. The van der Waals surface area contributed by atoms with Crippen LogP contribution in [0.5, 0.6) is 0 Å². The van der Waals surface area contributed by atoms with Gasteiger partial charge in [0.2, 0.25) is 0 Å². The van der Waals surface area contributed by atoms with E-state index in [4.69, 9.17) is 38.7 Å². The summed E-state index contributed by atoms with van der Waals surface area (Å²) in [6.45, 7) is 13.1.